The summed E-state index contributed by atoms with van der Waals surface area (Å²) in [7, 11) is 1.54. The average Bonchev–Trinajstić information content (AvgIpc) is 2.56. The third-order valence-electron chi connectivity index (χ3n) is 2.07. The van der Waals surface area contributed by atoms with Gasteiger partial charge in [0.1, 0.15) is 5.58 Å². The summed E-state index contributed by atoms with van der Waals surface area (Å²) in [6, 6.07) is 7.28. The number of para-hydroxylation sites is 1. The van der Waals surface area contributed by atoms with E-state index in [0.29, 0.717) is 11.3 Å². The van der Waals surface area contributed by atoms with E-state index in [-0.39, 0.29) is 11.7 Å². The zero-order valence-electron chi connectivity index (χ0n) is 7.70. The number of carbonyl (C=O) groups excluding carboxylic acids is 1. The topological polar surface area (TPSA) is 68.3 Å². The van der Waals surface area contributed by atoms with Gasteiger partial charge in [-0.05, 0) is 12.1 Å². The molecule has 0 spiro atoms. The van der Waals surface area contributed by atoms with E-state index in [1.54, 1.807) is 6.07 Å². The molecule has 0 atom stereocenters. The number of furan rings is 1. The van der Waals surface area contributed by atoms with Crippen molar-refractivity contribution in [1.29, 1.82) is 0 Å². The first-order chi connectivity index (χ1) is 6.74. The van der Waals surface area contributed by atoms with Crippen molar-refractivity contribution in [2.45, 2.75) is 0 Å². The van der Waals surface area contributed by atoms with Gasteiger partial charge in [-0.2, -0.15) is 0 Å². The van der Waals surface area contributed by atoms with E-state index in [4.69, 9.17) is 10.2 Å². The molecule has 0 bridgehead atoms. The van der Waals surface area contributed by atoms with Crippen LogP contribution >= 0.6 is 0 Å². The fourth-order valence-corrected chi connectivity index (χ4v) is 1.35. The highest BCUT2D eigenvalue weighted by molar-refractivity contribution is 6.05. The molecule has 0 radical (unpaired) electrons. The summed E-state index contributed by atoms with van der Waals surface area (Å²) in [5.74, 6) is -0.132. The van der Waals surface area contributed by atoms with Gasteiger partial charge in [-0.3, -0.25) is 4.79 Å². The van der Waals surface area contributed by atoms with Gasteiger partial charge in [0.2, 0.25) is 5.76 Å². The summed E-state index contributed by atoms with van der Waals surface area (Å²) < 4.78 is 5.31. The Bertz CT molecular complexity index is 488. The standard InChI is InChI=1S/C10H10N2O2/c1-12-10(13)9-8(11)6-4-2-3-5-7(6)14-9/h2-5H,11H2,1H3,(H,12,13). The summed E-state index contributed by atoms with van der Waals surface area (Å²) in [6.07, 6.45) is 0. The van der Waals surface area contributed by atoms with Crippen LogP contribution in [0.15, 0.2) is 28.7 Å². The lowest BCUT2D eigenvalue weighted by Gasteiger charge is -1.94. The number of fused-ring (bicyclic) bond motifs is 1. The van der Waals surface area contributed by atoms with Gasteiger partial charge in [0.05, 0.1) is 5.69 Å². The predicted octanol–water partition coefficient (Wildman–Crippen LogP) is 1.37. The largest absolute Gasteiger partial charge is 0.449 e. The Labute approximate surface area is 80.7 Å². The van der Waals surface area contributed by atoms with Crippen LogP contribution in [-0.4, -0.2) is 13.0 Å². The molecular formula is C10H10N2O2. The number of nitrogens with one attached hydrogen (secondary N) is 1. The molecule has 0 aliphatic carbocycles. The molecule has 0 fully saturated rings. The highest BCUT2D eigenvalue weighted by Crippen LogP contribution is 2.27. The molecule has 2 aromatic rings. The summed E-state index contributed by atoms with van der Waals surface area (Å²) >= 11 is 0. The van der Waals surface area contributed by atoms with Gasteiger partial charge < -0.3 is 15.5 Å². The van der Waals surface area contributed by atoms with E-state index >= 15 is 0 Å². The Hall–Kier alpha value is -1.97. The molecule has 72 valence electrons. The maximum absolute atomic E-state index is 11.3. The van der Waals surface area contributed by atoms with Crippen LogP contribution in [0.4, 0.5) is 5.69 Å². The van der Waals surface area contributed by atoms with Crippen molar-refractivity contribution in [2.75, 3.05) is 12.8 Å². The van der Waals surface area contributed by atoms with E-state index in [2.05, 4.69) is 5.32 Å². The van der Waals surface area contributed by atoms with Crippen molar-refractivity contribution in [3.05, 3.63) is 30.0 Å². The van der Waals surface area contributed by atoms with Crippen molar-refractivity contribution in [1.82, 2.24) is 5.32 Å². The number of hydrogen-bond acceptors (Lipinski definition) is 3. The van der Waals surface area contributed by atoms with Crippen molar-refractivity contribution in [3.63, 3.8) is 0 Å². The lowest BCUT2D eigenvalue weighted by molar-refractivity contribution is 0.0939. The van der Waals surface area contributed by atoms with Crippen LogP contribution in [0.2, 0.25) is 0 Å². The van der Waals surface area contributed by atoms with Gasteiger partial charge in [0.25, 0.3) is 5.91 Å². The number of rotatable bonds is 1. The van der Waals surface area contributed by atoms with Gasteiger partial charge in [0, 0.05) is 12.4 Å². The highest BCUT2D eigenvalue weighted by atomic mass is 16.3. The first-order valence-electron chi connectivity index (χ1n) is 4.23. The predicted molar refractivity (Wildman–Crippen MR) is 54.0 cm³/mol. The molecule has 1 aromatic carbocycles. The minimum atomic E-state index is -0.307. The van der Waals surface area contributed by atoms with Crippen LogP contribution in [0.3, 0.4) is 0 Å². The van der Waals surface area contributed by atoms with E-state index in [9.17, 15) is 4.79 Å². The van der Waals surface area contributed by atoms with Crippen LogP contribution in [0.25, 0.3) is 11.0 Å². The fourth-order valence-electron chi connectivity index (χ4n) is 1.35. The number of nitrogen functional groups attached to an aromatic ring is 1. The zero-order chi connectivity index (χ0) is 10.1. The summed E-state index contributed by atoms with van der Waals surface area (Å²) in [5, 5.41) is 3.24. The maximum Gasteiger partial charge on any atom is 0.288 e. The number of benzene rings is 1. The number of nitrogens with two attached hydrogens (primary N) is 1. The van der Waals surface area contributed by atoms with E-state index in [0.717, 1.165) is 5.39 Å². The molecule has 0 aliphatic heterocycles. The monoisotopic (exact) mass is 190 g/mol. The molecule has 1 aromatic heterocycles. The van der Waals surface area contributed by atoms with E-state index in [1.807, 2.05) is 18.2 Å². The molecule has 0 saturated heterocycles. The Balaban J connectivity index is 2.68. The normalized spacial score (nSPS) is 10.4. The molecule has 1 amide bonds. The Kier molecular flexibility index (Phi) is 1.89. The molecule has 14 heavy (non-hydrogen) atoms. The lowest BCUT2D eigenvalue weighted by Crippen LogP contribution is -2.18. The van der Waals surface area contributed by atoms with Crippen molar-refractivity contribution >= 4 is 22.6 Å². The first-order valence-corrected chi connectivity index (χ1v) is 4.23. The molecular weight excluding hydrogens is 180 g/mol. The first kappa shape index (κ1) is 8.62. The number of anilines is 1. The quantitative estimate of drug-likeness (QED) is 0.713. The van der Waals surface area contributed by atoms with Crippen LogP contribution < -0.4 is 11.1 Å². The van der Waals surface area contributed by atoms with Gasteiger partial charge in [0.15, 0.2) is 0 Å². The van der Waals surface area contributed by atoms with Crippen molar-refractivity contribution < 1.29 is 9.21 Å². The summed E-state index contributed by atoms with van der Waals surface area (Å²) in [4.78, 5) is 11.3. The summed E-state index contributed by atoms with van der Waals surface area (Å²) in [5.41, 5.74) is 6.78. The number of hydrogen-bond donors (Lipinski definition) is 2. The van der Waals surface area contributed by atoms with Crippen molar-refractivity contribution in [3.8, 4) is 0 Å². The summed E-state index contributed by atoms with van der Waals surface area (Å²) in [6.45, 7) is 0. The van der Waals surface area contributed by atoms with Crippen LogP contribution in [0, 0.1) is 0 Å². The molecule has 4 heteroatoms. The minimum Gasteiger partial charge on any atom is -0.449 e. The van der Waals surface area contributed by atoms with Crippen LogP contribution in [0.5, 0.6) is 0 Å². The highest BCUT2D eigenvalue weighted by Gasteiger charge is 2.16. The zero-order valence-corrected chi connectivity index (χ0v) is 7.70. The molecule has 0 unspecified atom stereocenters. The number of carbonyl (C=O) groups is 1. The van der Waals surface area contributed by atoms with Gasteiger partial charge in [-0.1, -0.05) is 12.1 Å². The number of amides is 1. The second-order valence-electron chi connectivity index (χ2n) is 2.92. The second-order valence-corrected chi connectivity index (χ2v) is 2.92. The molecule has 1 heterocycles. The Morgan fingerprint density at radius 1 is 1.43 bits per heavy atom. The van der Waals surface area contributed by atoms with Gasteiger partial charge in [-0.25, -0.2) is 0 Å². The fraction of sp³-hybridized carbons (Fsp3) is 0.100. The SMILES string of the molecule is CNC(=O)c1oc2ccccc2c1N. The van der Waals surface area contributed by atoms with Gasteiger partial charge in [-0.15, -0.1) is 0 Å². The van der Waals surface area contributed by atoms with Crippen molar-refractivity contribution in [2.24, 2.45) is 0 Å². The molecule has 0 aliphatic rings. The van der Waals surface area contributed by atoms with Gasteiger partial charge >= 0.3 is 0 Å². The molecule has 3 N–H and O–H groups in total. The molecule has 4 nitrogen and oxygen atoms in total. The minimum absolute atomic E-state index is 0.175. The van der Waals surface area contributed by atoms with E-state index < -0.39 is 0 Å². The molecule has 2 rings (SSSR count). The van der Waals surface area contributed by atoms with E-state index in [1.165, 1.54) is 7.05 Å². The third kappa shape index (κ3) is 1.12. The maximum atomic E-state index is 11.3. The average molecular weight is 190 g/mol. The third-order valence-corrected chi connectivity index (χ3v) is 2.07. The van der Waals surface area contributed by atoms with Crippen LogP contribution in [-0.2, 0) is 0 Å². The second kappa shape index (κ2) is 3.06. The Morgan fingerprint density at radius 2 is 2.14 bits per heavy atom. The Morgan fingerprint density at radius 3 is 2.79 bits per heavy atom. The van der Waals surface area contributed by atoms with Crippen LogP contribution in [0.1, 0.15) is 10.6 Å². The molecule has 0 saturated carbocycles. The smallest absolute Gasteiger partial charge is 0.288 e. The lowest BCUT2D eigenvalue weighted by atomic mass is 10.2.